The smallest absolute Gasteiger partial charge is 0.303 e. The molecule has 2 saturated heterocycles. The lowest BCUT2D eigenvalue weighted by Gasteiger charge is -2.38. The van der Waals surface area contributed by atoms with Crippen LogP contribution in [0.1, 0.15) is 56.4 Å². The standard InChI is InChI=1S/C33H41N3O3/c37-33(38)20-26-9-4-5-11-32(26)36-22-27(30(23-36)24-7-2-1-3-8-24)21-35-17-14-28(15-18-35)39-29-12-13-31-25(19-29)10-6-16-34-31/h1-3,6-8,10,12-13,16,19,26-28,30,32H,4-5,9,11,14-15,17-18,20-23H2,(H,37,38). The summed E-state index contributed by atoms with van der Waals surface area (Å²) < 4.78 is 6.40. The summed E-state index contributed by atoms with van der Waals surface area (Å²) in [5.41, 5.74) is 2.43. The van der Waals surface area contributed by atoms with Gasteiger partial charge in [0.2, 0.25) is 0 Å². The van der Waals surface area contributed by atoms with Crippen molar-refractivity contribution in [1.82, 2.24) is 14.8 Å². The summed E-state index contributed by atoms with van der Waals surface area (Å²) in [7, 11) is 0. The summed E-state index contributed by atoms with van der Waals surface area (Å²) in [6.07, 6.45) is 9.05. The minimum absolute atomic E-state index is 0.249. The van der Waals surface area contributed by atoms with Gasteiger partial charge >= 0.3 is 5.97 Å². The van der Waals surface area contributed by atoms with Crippen molar-refractivity contribution in [3.05, 3.63) is 72.4 Å². The summed E-state index contributed by atoms with van der Waals surface area (Å²) in [6, 6.07) is 21.7. The van der Waals surface area contributed by atoms with Crippen molar-refractivity contribution in [3.63, 3.8) is 0 Å². The van der Waals surface area contributed by atoms with Gasteiger partial charge in [0.05, 0.1) is 5.52 Å². The molecule has 2 aliphatic heterocycles. The molecular formula is C33H41N3O3. The second kappa shape index (κ2) is 12.1. The lowest BCUT2D eigenvalue weighted by Crippen LogP contribution is -2.43. The molecular weight excluding hydrogens is 486 g/mol. The van der Waals surface area contributed by atoms with Crippen LogP contribution in [-0.4, -0.2) is 70.7 Å². The molecule has 3 heterocycles. The zero-order valence-electron chi connectivity index (χ0n) is 22.8. The topological polar surface area (TPSA) is 65.9 Å². The zero-order valence-corrected chi connectivity index (χ0v) is 22.8. The van der Waals surface area contributed by atoms with Crippen molar-refractivity contribution in [2.24, 2.45) is 11.8 Å². The molecule has 3 aliphatic rings. The van der Waals surface area contributed by atoms with Gasteiger partial charge in [-0.25, -0.2) is 0 Å². The Labute approximate surface area is 232 Å². The molecule has 206 valence electrons. The Kier molecular flexibility index (Phi) is 8.12. The van der Waals surface area contributed by atoms with Crippen LogP contribution in [0.5, 0.6) is 5.75 Å². The third kappa shape index (κ3) is 6.28. The number of ether oxygens (including phenoxy) is 1. The van der Waals surface area contributed by atoms with Gasteiger partial charge in [0, 0.05) is 62.7 Å². The summed E-state index contributed by atoms with van der Waals surface area (Å²) in [5, 5.41) is 10.7. The highest BCUT2D eigenvalue weighted by molar-refractivity contribution is 5.79. The largest absolute Gasteiger partial charge is 0.490 e. The van der Waals surface area contributed by atoms with E-state index in [0.29, 0.717) is 24.3 Å². The average Bonchev–Trinajstić information content (AvgIpc) is 3.38. The summed E-state index contributed by atoms with van der Waals surface area (Å²) >= 11 is 0. The zero-order chi connectivity index (χ0) is 26.6. The van der Waals surface area contributed by atoms with Gasteiger partial charge in [-0.2, -0.15) is 0 Å². The number of carbonyl (C=O) groups is 1. The summed E-state index contributed by atoms with van der Waals surface area (Å²) in [5.74, 6) is 1.63. The Balaban J connectivity index is 1.09. The molecule has 6 nitrogen and oxygen atoms in total. The fraction of sp³-hybridized carbons (Fsp3) is 0.515. The highest BCUT2D eigenvalue weighted by Gasteiger charge is 2.41. The lowest BCUT2D eigenvalue weighted by molar-refractivity contribution is -0.139. The first-order chi connectivity index (χ1) is 19.1. The molecule has 6 heteroatoms. The van der Waals surface area contributed by atoms with Gasteiger partial charge < -0.3 is 14.7 Å². The molecule has 39 heavy (non-hydrogen) atoms. The molecule has 6 rings (SSSR count). The highest BCUT2D eigenvalue weighted by Crippen LogP contribution is 2.40. The number of benzene rings is 2. The summed E-state index contributed by atoms with van der Waals surface area (Å²) in [4.78, 5) is 21.3. The number of rotatable bonds is 8. The van der Waals surface area contributed by atoms with Crippen LogP contribution in [-0.2, 0) is 4.79 Å². The Morgan fingerprint density at radius 1 is 0.923 bits per heavy atom. The number of carboxylic acids is 1. The molecule has 1 aromatic heterocycles. The fourth-order valence-electron chi connectivity index (χ4n) is 7.43. The Morgan fingerprint density at radius 2 is 1.74 bits per heavy atom. The third-order valence-corrected chi connectivity index (χ3v) is 9.38. The molecule has 1 aliphatic carbocycles. The van der Waals surface area contributed by atoms with Crippen molar-refractivity contribution in [2.75, 3.05) is 32.7 Å². The number of carboxylic acid groups (broad SMARTS) is 1. The van der Waals surface area contributed by atoms with E-state index in [1.165, 1.54) is 18.4 Å². The van der Waals surface area contributed by atoms with E-state index >= 15 is 0 Å². The van der Waals surface area contributed by atoms with E-state index in [0.717, 1.165) is 75.1 Å². The maximum Gasteiger partial charge on any atom is 0.303 e. The van der Waals surface area contributed by atoms with Crippen LogP contribution in [0.15, 0.2) is 66.9 Å². The van der Waals surface area contributed by atoms with Crippen LogP contribution in [0.25, 0.3) is 10.9 Å². The van der Waals surface area contributed by atoms with Crippen LogP contribution in [0.4, 0.5) is 0 Å². The van der Waals surface area contributed by atoms with E-state index in [-0.39, 0.29) is 12.0 Å². The third-order valence-electron chi connectivity index (χ3n) is 9.38. The molecule has 0 radical (unpaired) electrons. The normalized spacial score (nSPS) is 27.1. The number of fused-ring (bicyclic) bond motifs is 1. The molecule has 4 unspecified atom stereocenters. The van der Waals surface area contributed by atoms with Crippen molar-refractivity contribution in [1.29, 1.82) is 0 Å². The second-order valence-corrected chi connectivity index (χ2v) is 11.9. The maximum absolute atomic E-state index is 11.6. The van der Waals surface area contributed by atoms with Crippen LogP contribution in [0, 0.1) is 11.8 Å². The van der Waals surface area contributed by atoms with Gasteiger partial charge in [0.1, 0.15) is 11.9 Å². The van der Waals surface area contributed by atoms with E-state index in [2.05, 4.69) is 57.2 Å². The van der Waals surface area contributed by atoms with E-state index in [4.69, 9.17) is 4.74 Å². The fourth-order valence-corrected chi connectivity index (χ4v) is 7.43. The number of hydrogen-bond acceptors (Lipinski definition) is 5. The first-order valence-corrected chi connectivity index (χ1v) is 14.9. The molecule has 0 amide bonds. The van der Waals surface area contributed by atoms with Gasteiger partial charge in [0.15, 0.2) is 0 Å². The number of hydrogen-bond donors (Lipinski definition) is 1. The minimum Gasteiger partial charge on any atom is -0.490 e. The van der Waals surface area contributed by atoms with E-state index < -0.39 is 5.97 Å². The Morgan fingerprint density at radius 3 is 2.56 bits per heavy atom. The SMILES string of the molecule is O=C(O)CC1CCCCC1N1CC(CN2CCC(Oc3ccc4ncccc4c3)CC2)C(c2ccccc2)C1. The van der Waals surface area contributed by atoms with Crippen LogP contribution >= 0.6 is 0 Å². The Bertz CT molecular complexity index is 1240. The van der Waals surface area contributed by atoms with Crippen molar-refractivity contribution in [3.8, 4) is 5.75 Å². The average molecular weight is 528 g/mol. The number of pyridine rings is 1. The monoisotopic (exact) mass is 527 g/mol. The van der Waals surface area contributed by atoms with Gasteiger partial charge in [0.25, 0.3) is 0 Å². The van der Waals surface area contributed by atoms with Crippen molar-refractivity contribution in [2.45, 2.75) is 63.0 Å². The number of aromatic nitrogens is 1. The second-order valence-electron chi connectivity index (χ2n) is 11.9. The number of likely N-dealkylation sites (tertiary alicyclic amines) is 2. The van der Waals surface area contributed by atoms with Gasteiger partial charge in [-0.3, -0.25) is 14.7 Å². The van der Waals surface area contributed by atoms with Crippen LogP contribution in [0.3, 0.4) is 0 Å². The highest BCUT2D eigenvalue weighted by atomic mass is 16.5. The number of nitrogens with zero attached hydrogens (tertiary/aromatic N) is 3. The molecule has 4 atom stereocenters. The summed E-state index contributed by atoms with van der Waals surface area (Å²) in [6.45, 7) is 5.33. The van der Waals surface area contributed by atoms with Crippen molar-refractivity contribution < 1.29 is 14.6 Å². The first-order valence-electron chi connectivity index (χ1n) is 14.9. The van der Waals surface area contributed by atoms with E-state index in [9.17, 15) is 9.90 Å². The predicted octanol–water partition coefficient (Wildman–Crippen LogP) is 5.83. The van der Waals surface area contributed by atoms with Crippen LogP contribution < -0.4 is 4.74 Å². The van der Waals surface area contributed by atoms with E-state index in [1.807, 2.05) is 24.4 Å². The molecule has 3 fully saturated rings. The number of aliphatic carboxylic acids is 1. The predicted molar refractivity (Wildman–Crippen MR) is 154 cm³/mol. The quantitative estimate of drug-likeness (QED) is 0.398. The molecule has 3 aromatic rings. The van der Waals surface area contributed by atoms with Gasteiger partial charge in [-0.1, -0.05) is 49.2 Å². The van der Waals surface area contributed by atoms with Crippen LogP contribution in [0.2, 0.25) is 0 Å². The first kappa shape index (κ1) is 26.3. The van der Waals surface area contributed by atoms with Gasteiger partial charge in [-0.05, 0) is 67.3 Å². The molecule has 0 spiro atoms. The molecule has 1 N–H and O–H groups in total. The van der Waals surface area contributed by atoms with Gasteiger partial charge in [-0.15, -0.1) is 0 Å². The van der Waals surface area contributed by atoms with E-state index in [1.54, 1.807) is 0 Å². The maximum atomic E-state index is 11.6. The Hall–Kier alpha value is -2.96. The minimum atomic E-state index is -0.646. The number of piperidine rings is 1. The lowest BCUT2D eigenvalue weighted by atomic mass is 9.81. The molecule has 2 aromatic carbocycles. The van der Waals surface area contributed by atoms with Crippen molar-refractivity contribution >= 4 is 16.9 Å². The molecule has 1 saturated carbocycles. The molecule has 0 bridgehead atoms.